The highest BCUT2D eigenvalue weighted by molar-refractivity contribution is 6.16. The fourth-order valence-electron chi connectivity index (χ4n) is 1.86. The molecule has 1 heterocycles. The molecule has 0 aliphatic heterocycles. The molecule has 0 radical (unpaired) electrons. The first-order valence-electron chi connectivity index (χ1n) is 4.89. The standard InChI is InChI=1S/C9H11ClF2N2O/c10-5-7-13-14-8(15-7)6-3-1-2-4-9(6,11)12/h6H,1-5H2. The zero-order valence-corrected chi connectivity index (χ0v) is 8.81. The normalized spacial score (nSPS) is 25.4. The third-order valence-electron chi connectivity index (χ3n) is 2.66. The third kappa shape index (κ3) is 2.12. The third-order valence-corrected chi connectivity index (χ3v) is 2.89. The van der Waals surface area contributed by atoms with E-state index in [-0.39, 0.29) is 24.1 Å². The van der Waals surface area contributed by atoms with E-state index in [0.717, 1.165) is 6.42 Å². The van der Waals surface area contributed by atoms with Crippen LogP contribution in [0, 0.1) is 0 Å². The van der Waals surface area contributed by atoms with E-state index in [1.165, 1.54) is 0 Å². The van der Waals surface area contributed by atoms with Gasteiger partial charge in [-0.1, -0.05) is 6.42 Å². The van der Waals surface area contributed by atoms with Gasteiger partial charge < -0.3 is 4.42 Å². The van der Waals surface area contributed by atoms with Gasteiger partial charge in [0.15, 0.2) is 0 Å². The maximum atomic E-state index is 13.5. The van der Waals surface area contributed by atoms with Gasteiger partial charge >= 0.3 is 0 Å². The van der Waals surface area contributed by atoms with Crippen molar-refractivity contribution in [2.45, 2.75) is 43.4 Å². The van der Waals surface area contributed by atoms with Crippen molar-refractivity contribution in [3.8, 4) is 0 Å². The minimum absolute atomic E-state index is 0.0235. The van der Waals surface area contributed by atoms with Crippen LogP contribution in [0.4, 0.5) is 8.78 Å². The van der Waals surface area contributed by atoms with Crippen LogP contribution < -0.4 is 0 Å². The fourth-order valence-corrected chi connectivity index (χ4v) is 1.97. The average molecular weight is 237 g/mol. The molecule has 84 valence electrons. The molecule has 6 heteroatoms. The highest BCUT2D eigenvalue weighted by Gasteiger charge is 2.45. The van der Waals surface area contributed by atoms with Gasteiger partial charge in [-0.15, -0.1) is 21.8 Å². The van der Waals surface area contributed by atoms with Gasteiger partial charge in [0, 0.05) is 6.42 Å². The number of aromatic nitrogens is 2. The van der Waals surface area contributed by atoms with Gasteiger partial charge in [-0.05, 0) is 12.8 Å². The molecule has 1 unspecified atom stereocenters. The van der Waals surface area contributed by atoms with Crippen molar-refractivity contribution >= 4 is 11.6 Å². The molecule has 0 spiro atoms. The van der Waals surface area contributed by atoms with Crippen LogP contribution in [0.3, 0.4) is 0 Å². The van der Waals surface area contributed by atoms with Crippen LogP contribution in [0.25, 0.3) is 0 Å². The minimum Gasteiger partial charge on any atom is -0.423 e. The van der Waals surface area contributed by atoms with E-state index in [9.17, 15) is 8.78 Å². The Morgan fingerprint density at radius 2 is 2.20 bits per heavy atom. The molecular formula is C9H11ClF2N2O. The van der Waals surface area contributed by atoms with Gasteiger partial charge in [0.05, 0.1) is 0 Å². The highest BCUT2D eigenvalue weighted by Crippen LogP contribution is 2.44. The lowest BCUT2D eigenvalue weighted by molar-refractivity contribution is -0.0620. The smallest absolute Gasteiger partial charge is 0.259 e. The molecule has 1 fully saturated rings. The summed E-state index contributed by atoms with van der Waals surface area (Å²) in [6, 6.07) is 0. The lowest BCUT2D eigenvalue weighted by Gasteiger charge is -2.28. The van der Waals surface area contributed by atoms with E-state index in [0.29, 0.717) is 12.8 Å². The largest absolute Gasteiger partial charge is 0.423 e. The van der Waals surface area contributed by atoms with Crippen LogP contribution in [-0.2, 0) is 5.88 Å². The minimum atomic E-state index is -2.73. The van der Waals surface area contributed by atoms with Crippen molar-refractivity contribution in [3.63, 3.8) is 0 Å². The predicted molar refractivity (Wildman–Crippen MR) is 50.0 cm³/mol. The van der Waals surface area contributed by atoms with Gasteiger partial charge in [0.1, 0.15) is 11.8 Å². The topological polar surface area (TPSA) is 38.9 Å². The van der Waals surface area contributed by atoms with Crippen LogP contribution in [-0.4, -0.2) is 16.1 Å². The fraction of sp³-hybridized carbons (Fsp3) is 0.778. The van der Waals surface area contributed by atoms with Crippen molar-refractivity contribution in [1.82, 2.24) is 10.2 Å². The molecule has 0 bridgehead atoms. The Balaban J connectivity index is 2.21. The lowest BCUT2D eigenvalue weighted by Crippen LogP contribution is -2.30. The second-order valence-corrected chi connectivity index (χ2v) is 3.99. The summed E-state index contributed by atoms with van der Waals surface area (Å²) < 4.78 is 32.1. The molecule has 0 N–H and O–H groups in total. The van der Waals surface area contributed by atoms with Crippen LogP contribution >= 0.6 is 11.6 Å². The van der Waals surface area contributed by atoms with Gasteiger partial charge in [0.2, 0.25) is 11.8 Å². The first-order valence-corrected chi connectivity index (χ1v) is 5.43. The number of halogens is 3. The second kappa shape index (κ2) is 4.04. The summed E-state index contributed by atoms with van der Waals surface area (Å²) in [5, 5.41) is 7.22. The summed E-state index contributed by atoms with van der Waals surface area (Å²) in [5.74, 6) is -3.38. The molecule has 15 heavy (non-hydrogen) atoms. The van der Waals surface area contributed by atoms with Crippen molar-refractivity contribution < 1.29 is 13.2 Å². The van der Waals surface area contributed by atoms with Crippen LogP contribution in [0.15, 0.2) is 4.42 Å². The van der Waals surface area contributed by atoms with E-state index in [2.05, 4.69) is 10.2 Å². The first-order chi connectivity index (χ1) is 7.13. The molecule has 1 aromatic heterocycles. The van der Waals surface area contributed by atoms with Gasteiger partial charge in [-0.3, -0.25) is 0 Å². The van der Waals surface area contributed by atoms with Crippen molar-refractivity contribution in [3.05, 3.63) is 11.8 Å². The molecular weight excluding hydrogens is 226 g/mol. The van der Waals surface area contributed by atoms with Crippen LogP contribution in [0.5, 0.6) is 0 Å². The van der Waals surface area contributed by atoms with Crippen LogP contribution in [0.1, 0.15) is 43.4 Å². The maximum absolute atomic E-state index is 13.5. The van der Waals surface area contributed by atoms with E-state index in [1.54, 1.807) is 0 Å². The molecule has 0 saturated heterocycles. The van der Waals surface area contributed by atoms with E-state index in [1.807, 2.05) is 0 Å². The number of nitrogens with zero attached hydrogens (tertiary/aromatic N) is 2. The molecule has 1 saturated carbocycles. The predicted octanol–water partition coefficient (Wildman–Crippen LogP) is 3.10. The highest BCUT2D eigenvalue weighted by atomic mass is 35.5. The number of hydrogen-bond acceptors (Lipinski definition) is 3. The quantitative estimate of drug-likeness (QED) is 0.741. The Labute approximate surface area is 90.8 Å². The van der Waals surface area contributed by atoms with E-state index in [4.69, 9.17) is 16.0 Å². The monoisotopic (exact) mass is 236 g/mol. The zero-order chi connectivity index (χ0) is 10.9. The van der Waals surface area contributed by atoms with E-state index >= 15 is 0 Å². The molecule has 1 atom stereocenters. The molecule has 1 aliphatic rings. The van der Waals surface area contributed by atoms with Crippen molar-refractivity contribution in [2.24, 2.45) is 0 Å². The summed E-state index contributed by atoms with van der Waals surface area (Å²) in [5.41, 5.74) is 0. The number of hydrogen-bond donors (Lipinski definition) is 0. The Morgan fingerprint density at radius 1 is 1.40 bits per heavy atom. The first kappa shape index (κ1) is 10.8. The Bertz CT molecular complexity index is 343. The van der Waals surface area contributed by atoms with Crippen LogP contribution in [0.2, 0.25) is 0 Å². The average Bonchev–Trinajstić information content (AvgIpc) is 2.65. The van der Waals surface area contributed by atoms with E-state index < -0.39 is 11.8 Å². The second-order valence-electron chi connectivity index (χ2n) is 3.73. The number of alkyl halides is 3. The Kier molecular flexibility index (Phi) is 2.91. The summed E-state index contributed by atoms with van der Waals surface area (Å²) in [6.45, 7) is 0. The zero-order valence-electron chi connectivity index (χ0n) is 8.05. The Hall–Kier alpha value is -0.710. The lowest BCUT2D eigenvalue weighted by atomic mass is 9.85. The molecule has 0 aromatic carbocycles. The summed E-state index contributed by atoms with van der Waals surface area (Å²) in [7, 11) is 0. The maximum Gasteiger partial charge on any atom is 0.259 e. The molecule has 0 amide bonds. The van der Waals surface area contributed by atoms with Gasteiger partial charge in [-0.2, -0.15) is 0 Å². The van der Waals surface area contributed by atoms with Gasteiger partial charge in [0.25, 0.3) is 5.92 Å². The SMILES string of the molecule is FC1(F)CCCCC1c1nnc(CCl)o1. The summed E-state index contributed by atoms with van der Waals surface area (Å²) >= 11 is 5.47. The summed E-state index contributed by atoms with van der Waals surface area (Å²) in [4.78, 5) is 0. The van der Waals surface area contributed by atoms with Crippen molar-refractivity contribution in [2.75, 3.05) is 0 Å². The molecule has 2 rings (SSSR count). The summed E-state index contributed by atoms with van der Waals surface area (Å²) in [6.07, 6.45) is 1.63. The van der Waals surface area contributed by atoms with Gasteiger partial charge in [-0.25, -0.2) is 8.78 Å². The molecule has 1 aliphatic carbocycles. The number of rotatable bonds is 2. The Morgan fingerprint density at radius 3 is 2.80 bits per heavy atom. The molecule has 3 nitrogen and oxygen atoms in total. The molecule has 1 aromatic rings. The van der Waals surface area contributed by atoms with Crippen molar-refractivity contribution in [1.29, 1.82) is 0 Å².